The highest BCUT2D eigenvalue weighted by Gasteiger charge is 2.22. The first kappa shape index (κ1) is 17.9. The lowest BCUT2D eigenvalue weighted by Crippen LogP contribution is -2.30. The Morgan fingerprint density at radius 1 is 1.15 bits per heavy atom. The van der Waals surface area contributed by atoms with Crippen LogP contribution in [0, 0.1) is 0 Å². The molecular formula is C18H17NO6S. The van der Waals surface area contributed by atoms with Gasteiger partial charge in [-0.2, -0.15) is 0 Å². The van der Waals surface area contributed by atoms with Crippen LogP contribution in [0.3, 0.4) is 0 Å². The summed E-state index contributed by atoms with van der Waals surface area (Å²) in [5.41, 5.74) is 0.674. The van der Waals surface area contributed by atoms with Gasteiger partial charge in [-0.25, -0.2) is 4.79 Å². The first-order valence-electron chi connectivity index (χ1n) is 7.79. The minimum atomic E-state index is -1.35. The smallest absolute Gasteiger partial charge is 0.340 e. The molecule has 2 aromatic rings. The Kier molecular flexibility index (Phi) is 5.22. The second-order valence-electron chi connectivity index (χ2n) is 5.56. The maximum Gasteiger partial charge on any atom is 0.340 e. The molecule has 2 aromatic carbocycles. The van der Waals surface area contributed by atoms with Crippen molar-refractivity contribution in [1.82, 2.24) is 0 Å². The molecule has 1 amide bonds. The summed E-state index contributed by atoms with van der Waals surface area (Å²) < 4.78 is 27.4. The molecule has 0 aromatic heterocycles. The van der Waals surface area contributed by atoms with Crippen LogP contribution in [0.15, 0.2) is 47.4 Å². The fourth-order valence-corrected chi connectivity index (χ4v) is 3.11. The van der Waals surface area contributed by atoms with E-state index in [9.17, 15) is 13.8 Å². The van der Waals surface area contributed by atoms with Crippen molar-refractivity contribution in [3.8, 4) is 11.5 Å². The van der Waals surface area contributed by atoms with Gasteiger partial charge in [0, 0.05) is 18.0 Å². The number of carbonyl (C=O) groups is 2. The van der Waals surface area contributed by atoms with Crippen LogP contribution in [0.4, 0.5) is 5.69 Å². The van der Waals surface area contributed by atoms with Crippen molar-refractivity contribution in [2.24, 2.45) is 0 Å². The number of nitrogens with one attached hydrogen (secondary N) is 1. The summed E-state index contributed by atoms with van der Waals surface area (Å²) in [6.45, 7) is 1.60. The summed E-state index contributed by atoms with van der Waals surface area (Å²) in [7, 11) is -1.35. The molecule has 2 atom stereocenters. The van der Waals surface area contributed by atoms with Gasteiger partial charge in [-0.1, -0.05) is 12.1 Å². The second kappa shape index (κ2) is 7.57. The number of rotatable bonds is 5. The van der Waals surface area contributed by atoms with Crippen molar-refractivity contribution in [3.63, 3.8) is 0 Å². The number of fused-ring (bicyclic) bond motifs is 1. The molecular weight excluding hydrogens is 358 g/mol. The molecule has 1 N–H and O–H groups in total. The van der Waals surface area contributed by atoms with Crippen LogP contribution >= 0.6 is 0 Å². The number of amides is 1. The van der Waals surface area contributed by atoms with E-state index < -0.39 is 28.8 Å². The molecule has 1 aliphatic heterocycles. The molecule has 0 saturated carbocycles. The van der Waals surface area contributed by atoms with Crippen LogP contribution < -0.4 is 14.8 Å². The molecule has 136 valence electrons. The number of hydrogen-bond donors (Lipinski definition) is 1. The molecule has 1 aliphatic rings. The lowest BCUT2D eigenvalue weighted by molar-refractivity contribution is -0.123. The van der Waals surface area contributed by atoms with Crippen LogP contribution in [0.5, 0.6) is 11.5 Å². The van der Waals surface area contributed by atoms with Gasteiger partial charge in [0.2, 0.25) is 6.79 Å². The minimum absolute atomic E-state index is 0.138. The SMILES string of the molecule is C[C@H](OC(=O)c1ccccc1[S@@](C)=O)C(=O)Nc1ccc2c(c1)OCO2. The summed E-state index contributed by atoms with van der Waals surface area (Å²) in [5, 5.41) is 2.65. The molecule has 8 heteroatoms. The number of benzene rings is 2. The Morgan fingerprint density at radius 2 is 1.88 bits per heavy atom. The highest BCUT2D eigenvalue weighted by Crippen LogP contribution is 2.34. The van der Waals surface area contributed by atoms with E-state index >= 15 is 0 Å². The summed E-state index contributed by atoms with van der Waals surface area (Å²) >= 11 is 0. The third-order valence-electron chi connectivity index (χ3n) is 3.71. The topological polar surface area (TPSA) is 90.9 Å². The Bertz CT molecular complexity index is 882. The summed E-state index contributed by atoms with van der Waals surface area (Å²) in [6, 6.07) is 11.4. The van der Waals surface area contributed by atoms with Crippen LogP contribution in [-0.4, -0.2) is 35.2 Å². The molecule has 1 heterocycles. The number of carbonyl (C=O) groups excluding carboxylic acids is 2. The molecule has 0 fully saturated rings. The predicted molar refractivity (Wildman–Crippen MR) is 94.8 cm³/mol. The van der Waals surface area contributed by atoms with Crippen LogP contribution in [0.25, 0.3) is 0 Å². The minimum Gasteiger partial charge on any atom is -0.454 e. The summed E-state index contributed by atoms with van der Waals surface area (Å²) in [4.78, 5) is 25.0. The number of ether oxygens (including phenoxy) is 3. The first-order chi connectivity index (χ1) is 12.5. The van der Waals surface area contributed by atoms with E-state index in [0.717, 1.165) is 0 Å². The third-order valence-corrected chi connectivity index (χ3v) is 4.69. The zero-order valence-electron chi connectivity index (χ0n) is 14.2. The molecule has 26 heavy (non-hydrogen) atoms. The van der Waals surface area contributed by atoms with Gasteiger partial charge in [-0.05, 0) is 31.2 Å². The zero-order chi connectivity index (χ0) is 18.7. The van der Waals surface area contributed by atoms with Crippen molar-refractivity contribution in [3.05, 3.63) is 48.0 Å². The van der Waals surface area contributed by atoms with E-state index in [4.69, 9.17) is 14.2 Å². The zero-order valence-corrected chi connectivity index (χ0v) is 15.0. The van der Waals surface area contributed by atoms with E-state index in [1.165, 1.54) is 19.2 Å². The van der Waals surface area contributed by atoms with Crippen LogP contribution in [0.2, 0.25) is 0 Å². The Balaban J connectivity index is 1.66. The van der Waals surface area contributed by atoms with Gasteiger partial charge in [0.25, 0.3) is 5.91 Å². The lowest BCUT2D eigenvalue weighted by Gasteiger charge is -2.14. The van der Waals surface area contributed by atoms with Crippen LogP contribution in [0.1, 0.15) is 17.3 Å². The largest absolute Gasteiger partial charge is 0.454 e. The Morgan fingerprint density at radius 3 is 2.65 bits per heavy atom. The lowest BCUT2D eigenvalue weighted by atomic mass is 10.2. The average molecular weight is 375 g/mol. The van der Waals surface area contributed by atoms with Gasteiger partial charge < -0.3 is 19.5 Å². The van der Waals surface area contributed by atoms with Gasteiger partial charge in [0.1, 0.15) is 0 Å². The highest BCUT2D eigenvalue weighted by atomic mass is 32.2. The number of hydrogen-bond acceptors (Lipinski definition) is 6. The fraction of sp³-hybridized carbons (Fsp3) is 0.222. The van der Waals surface area contributed by atoms with E-state index in [1.54, 1.807) is 36.4 Å². The molecule has 3 rings (SSSR count). The average Bonchev–Trinajstić information content (AvgIpc) is 3.09. The summed E-state index contributed by atoms with van der Waals surface area (Å²) in [6.07, 6.45) is 0.438. The van der Waals surface area contributed by atoms with E-state index in [1.807, 2.05) is 0 Å². The normalized spacial score (nSPS) is 14.4. The monoisotopic (exact) mass is 375 g/mol. The standard InChI is InChI=1S/C18H17NO6S/c1-11(25-18(21)13-5-3-4-6-16(13)26(2)22)17(20)19-12-7-8-14-15(9-12)24-10-23-14/h3-9,11H,10H2,1-2H3,(H,19,20)/t11-,26+/m0/s1. The maximum absolute atomic E-state index is 12.3. The quantitative estimate of drug-likeness (QED) is 0.807. The third kappa shape index (κ3) is 3.85. The van der Waals surface area contributed by atoms with Crippen molar-refractivity contribution >= 4 is 28.4 Å². The van der Waals surface area contributed by atoms with E-state index in [2.05, 4.69) is 5.32 Å². The van der Waals surface area contributed by atoms with Crippen molar-refractivity contribution in [2.75, 3.05) is 18.4 Å². The van der Waals surface area contributed by atoms with Crippen molar-refractivity contribution < 1.29 is 28.0 Å². The molecule has 0 unspecified atom stereocenters. The fourth-order valence-electron chi connectivity index (χ4n) is 2.38. The van der Waals surface area contributed by atoms with Gasteiger partial charge in [0.05, 0.1) is 21.3 Å². The van der Waals surface area contributed by atoms with Crippen LogP contribution in [-0.2, 0) is 20.3 Å². The van der Waals surface area contributed by atoms with E-state index in [0.29, 0.717) is 22.1 Å². The Labute approximate surface area is 152 Å². The molecule has 0 saturated heterocycles. The first-order valence-corrected chi connectivity index (χ1v) is 9.35. The summed E-state index contributed by atoms with van der Waals surface area (Å²) in [5.74, 6) is -0.0603. The molecule has 0 spiro atoms. The van der Waals surface area contributed by atoms with Gasteiger partial charge in [-0.15, -0.1) is 0 Å². The predicted octanol–water partition coefficient (Wildman–Crippen LogP) is 2.34. The highest BCUT2D eigenvalue weighted by molar-refractivity contribution is 7.84. The molecule has 0 bridgehead atoms. The van der Waals surface area contributed by atoms with Gasteiger partial charge >= 0.3 is 5.97 Å². The molecule has 0 aliphatic carbocycles. The van der Waals surface area contributed by atoms with Gasteiger partial charge in [0.15, 0.2) is 17.6 Å². The van der Waals surface area contributed by atoms with E-state index in [-0.39, 0.29) is 12.4 Å². The molecule has 0 radical (unpaired) electrons. The maximum atomic E-state index is 12.3. The van der Waals surface area contributed by atoms with Crippen molar-refractivity contribution in [2.45, 2.75) is 17.9 Å². The number of esters is 1. The number of anilines is 1. The van der Waals surface area contributed by atoms with Crippen molar-refractivity contribution in [1.29, 1.82) is 0 Å². The Hall–Kier alpha value is -2.87. The van der Waals surface area contributed by atoms with Gasteiger partial charge in [-0.3, -0.25) is 9.00 Å². The molecule has 7 nitrogen and oxygen atoms in total. The second-order valence-corrected chi connectivity index (χ2v) is 6.90.